The van der Waals surface area contributed by atoms with Crippen LogP contribution < -0.4 is 5.32 Å². The zero-order valence-electron chi connectivity index (χ0n) is 11.0. The van der Waals surface area contributed by atoms with Crippen molar-refractivity contribution in [1.29, 1.82) is 0 Å². The van der Waals surface area contributed by atoms with Gasteiger partial charge in [-0.15, -0.1) is 0 Å². The molecule has 0 bridgehead atoms. The maximum Gasteiger partial charge on any atom is 0.418 e. The normalized spacial score (nSPS) is 17.0. The number of nitrogens with one attached hydrogen (secondary N) is 1. The quantitative estimate of drug-likeness (QED) is 0.830. The molecule has 21 heavy (non-hydrogen) atoms. The van der Waals surface area contributed by atoms with Crippen LogP contribution in [0.5, 0.6) is 0 Å². The highest BCUT2D eigenvalue weighted by Gasteiger charge is 2.35. The van der Waals surface area contributed by atoms with Crippen molar-refractivity contribution in [2.24, 2.45) is 0 Å². The number of hydrogen-bond donors (Lipinski definition) is 1. The predicted molar refractivity (Wildman–Crippen MR) is 77.8 cm³/mol. The van der Waals surface area contributed by atoms with Crippen LogP contribution in [0.2, 0.25) is 5.02 Å². The molecule has 1 nitrogen and oxygen atoms in total. The first-order valence-electron chi connectivity index (χ1n) is 6.64. The van der Waals surface area contributed by atoms with Crippen molar-refractivity contribution in [3.63, 3.8) is 0 Å². The van der Waals surface area contributed by atoms with Gasteiger partial charge in [0.25, 0.3) is 0 Å². The van der Waals surface area contributed by atoms with Crippen molar-refractivity contribution in [2.75, 3.05) is 11.9 Å². The van der Waals surface area contributed by atoms with Crippen LogP contribution in [0.1, 0.15) is 22.6 Å². The number of alkyl halides is 3. The average Bonchev–Trinajstić information content (AvgIpc) is 2.40. The summed E-state index contributed by atoms with van der Waals surface area (Å²) < 4.78 is 39.0. The molecule has 1 atom stereocenters. The Morgan fingerprint density at radius 1 is 1.10 bits per heavy atom. The molecule has 0 saturated carbocycles. The number of rotatable bonds is 3. The lowest BCUT2D eigenvalue weighted by Gasteiger charge is -2.31. The van der Waals surface area contributed by atoms with Gasteiger partial charge in [-0.2, -0.15) is 13.2 Å². The SMILES string of the molecule is FC(F)(F)c1cccc(Cl)c1NCC1Cc2ccccc21. The second-order valence-corrected chi connectivity index (χ2v) is 5.55. The van der Waals surface area contributed by atoms with Gasteiger partial charge in [0, 0.05) is 12.5 Å². The molecule has 1 aliphatic rings. The minimum atomic E-state index is -4.41. The molecule has 0 aromatic heterocycles. The zero-order valence-corrected chi connectivity index (χ0v) is 11.8. The van der Waals surface area contributed by atoms with Crippen LogP contribution in [0.25, 0.3) is 0 Å². The van der Waals surface area contributed by atoms with Gasteiger partial charge in [-0.3, -0.25) is 0 Å². The highest BCUT2D eigenvalue weighted by Crippen LogP contribution is 2.40. The lowest BCUT2D eigenvalue weighted by atomic mass is 9.77. The Hall–Kier alpha value is -1.68. The summed E-state index contributed by atoms with van der Waals surface area (Å²) in [5, 5.41) is 2.97. The number of anilines is 1. The fraction of sp³-hybridized carbons (Fsp3) is 0.250. The summed E-state index contributed by atoms with van der Waals surface area (Å²) in [6.07, 6.45) is -3.53. The highest BCUT2D eigenvalue weighted by atomic mass is 35.5. The van der Waals surface area contributed by atoms with Crippen molar-refractivity contribution in [3.8, 4) is 0 Å². The van der Waals surface area contributed by atoms with Crippen LogP contribution in [0.15, 0.2) is 42.5 Å². The molecule has 0 heterocycles. The predicted octanol–water partition coefficient (Wildman–Crippen LogP) is 5.11. The summed E-state index contributed by atoms with van der Waals surface area (Å²) in [7, 11) is 0. The summed E-state index contributed by atoms with van der Waals surface area (Å²) >= 11 is 5.92. The molecule has 2 aromatic carbocycles. The maximum atomic E-state index is 13.0. The second kappa shape index (κ2) is 5.26. The third-order valence-electron chi connectivity index (χ3n) is 3.81. The number of halogens is 4. The van der Waals surface area contributed by atoms with E-state index in [4.69, 9.17) is 11.6 Å². The van der Waals surface area contributed by atoms with Crippen molar-refractivity contribution < 1.29 is 13.2 Å². The first-order valence-corrected chi connectivity index (χ1v) is 7.02. The van der Waals surface area contributed by atoms with E-state index in [-0.39, 0.29) is 16.6 Å². The fourth-order valence-electron chi connectivity index (χ4n) is 2.71. The first-order chi connectivity index (χ1) is 9.97. The van der Waals surface area contributed by atoms with Gasteiger partial charge >= 0.3 is 6.18 Å². The summed E-state index contributed by atoms with van der Waals surface area (Å²) in [4.78, 5) is 0. The number of para-hydroxylation sites is 1. The molecule has 0 aliphatic heterocycles. The third-order valence-corrected chi connectivity index (χ3v) is 4.12. The van der Waals surface area contributed by atoms with Crippen molar-refractivity contribution in [1.82, 2.24) is 0 Å². The molecule has 110 valence electrons. The summed E-state index contributed by atoms with van der Waals surface area (Å²) in [6, 6.07) is 11.8. The van der Waals surface area contributed by atoms with E-state index >= 15 is 0 Å². The van der Waals surface area contributed by atoms with E-state index in [9.17, 15) is 13.2 Å². The molecule has 2 aromatic rings. The van der Waals surface area contributed by atoms with Gasteiger partial charge in [0.15, 0.2) is 0 Å². The Kier molecular flexibility index (Phi) is 3.57. The maximum absolute atomic E-state index is 13.0. The highest BCUT2D eigenvalue weighted by molar-refractivity contribution is 6.33. The van der Waals surface area contributed by atoms with Gasteiger partial charge in [0.1, 0.15) is 0 Å². The van der Waals surface area contributed by atoms with Gasteiger partial charge in [-0.1, -0.05) is 41.9 Å². The number of fused-ring (bicyclic) bond motifs is 1. The molecule has 0 spiro atoms. The summed E-state index contributed by atoms with van der Waals surface area (Å²) in [6.45, 7) is 0.448. The van der Waals surface area contributed by atoms with Gasteiger partial charge in [0.05, 0.1) is 16.3 Å². The van der Waals surface area contributed by atoms with Crippen LogP contribution in [0.4, 0.5) is 18.9 Å². The molecule has 0 saturated heterocycles. The summed E-state index contributed by atoms with van der Waals surface area (Å²) in [5.41, 5.74) is 1.71. The largest absolute Gasteiger partial charge is 0.418 e. The van der Waals surface area contributed by atoms with E-state index in [2.05, 4.69) is 5.32 Å². The van der Waals surface area contributed by atoms with Gasteiger partial charge in [0.2, 0.25) is 0 Å². The Bertz CT molecular complexity index is 667. The molecule has 0 fully saturated rings. The molecular weight excluding hydrogens is 299 g/mol. The lowest BCUT2D eigenvalue weighted by molar-refractivity contribution is -0.136. The topological polar surface area (TPSA) is 12.0 Å². The fourth-order valence-corrected chi connectivity index (χ4v) is 2.95. The number of benzene rings is 2. The molecule has 0 amide bonds. The van der Waals surface area contributed by atoms with Crippen molar-refractivity contribution in [3.05, 3.63) is 64.2 Å². The molecule has 5 heteroatoms. The second-order valence-electron chi connectivity index (χ2n) is 5.14. The zero-order chi connectivity index (χ0) is 15.0. The molecule has 1 unspecified atom stereocenters. The van der Waals surface area contributed by atoms with E-state index in [0.29, 0.717) is 6.54 Å². The molecular formula is C16H13ClF3N. The third kappa shape index (κ3) is 2.72. The monoisotopic (exact) mass is 311 g/mol. The summed E-state index contributed by atoms with van der Waals surface area (Å²) in [5.74, 6) is 0.235. The first kappa shape index (κ1) is 14.3. The minimum absolute atomic E-state index is 0.0314. The van der Waals surface area contributed by atoms with Crippen LogP contribution in [0.3, 0.4) is 0 Å². The Labute approximate surface area is 125 Å². The van der Waals surface area contributed by atoms with E-state index in [1.165, 1.54) is 23.3 Å². The smallest absolute Gasteiger partial charge is 0.383 e. The average molecular weight is 312 g/mol. The van der Waals surface area contributed by atoms with Crippen molar-refractivity contribution in [2.45, 2.75) is 18.5 Å². The van der Waals surface area contributed by atoms with Gasteiger partial charge in [-0.05, 0) is 29.7 Å². The molecule has 3 rings (SSSR count). The van der Waals surface area contributed by atoms with Crippen LogP contribution in [0, 0.1) is 0 Å². The van der Waals surface area contributed by atoms with Crippen molar-refractivity contribution >= 4 is 17.3 Å². The van der Waals surface area contributed by atoms with E-state index in [0.717, 1.165) is 12.5 Å². The van der Waals surface area contributed by atoms with Crippen LogP contribution >= 0.6 is 11.6 Å². The lowest BCUT2D eigenvalue weighted by Crippen LogP contribution is -2.25. The van der Waals surface area contributed by atoms with Gasteiger partial charge < -0.3 is 5.32 Å². The minimum Gasteiger partial charge on any atom is -0.383 e. The van der Waals surface area contributed by atoms with Gasteiger partial charge in [-0.25, -0.2) is 0 Å². The Morgan fingerprint density at radius 2 is 1.86 bits per heavy atom. The molecule has 0 radical (unpaired) electrons. The molecule has 1 aliphatic carbocycles. The number of hydrogen-bond acceptors (Lipinski definition) is 1. The Morgan fingerprint density at radius 3 is 2.57 bits per heavy atom. The van der Waals surface area contributed by atoms with E-state index in [1.54, 1.807) is 0 Å². The standard InChI is InChI=1S/C16H13ClF3N/c17-14-7-3-6-13(16(18,19)20)15(14)21-9-11-8-10-4-1-2-5-12(10)11/h1-7,11,21H,8-9H2. The Balaban J connectivity index is 1.78. The van der Waals surface area contributed by atoms with Crippen LogP contribution in [-0.4, -0.2) is 6.54 Å². The van der Waals surface area contributed by atoms with E-state index in [1.807, 2.05) is 24.3 Å². The van der Waals surface area contributed by atoms with Crippen LogP contribution in [-0.2, 0) is 12.6 Å². The molecule has 1 N–H and O–H groups in total. The van der Waals surface area contributed by atoms with E-state index < -0.39 is 11.7 Å².